The maximum absolute atomic E-state index is 14.4. The first kappa shape index (κ1) is 24.7. The van der Waals surface area contributed by atoms with Gasteiger partial charge in [-0.2, -0.15) is 23.5 Å². The standard InChI is InChI=1S/C25H21F3N6O2/c1-13-4-3-5-17-19(13)24(23(31)36,10-18(32-17)22(30)35)20-14(2)34(33-21(20)25(26,27)28)12-16-8-6-15(11-29)7-9-16/h3-9H,10,12H2,1-2H3,(H2,30,35)(H2,31,36). The minimum Gasteiger partial charge on any atom is -0.369 e. The summed E-state index contributed by atoms with van der Waals surface area (Å²) in [5, 5.41) is 12.9. The summed E-state index contributed by atoms with van der Waals surface area (Å²) in [6, 6.07) is 13.0. The van der Waals surface area contributed by atoms with Gasteiger partial charge in [0.25, 0.3) is 5.91 Å². The van der Waals surface area contributed by atoms with Crippen LogP contribution in [0.15, 0.2) is 47.5 Å². The molecule has 0 fully saturated rings. The van der Waals surface area contributed by atoms with Gasteiger partial charge in [-0.1, -0.05) is 24.3 Å². The van der Waals surface area contributed by atoms with Gasteiger partial charge in [0.2, 0.25) is 5.91 Å². The number of aromatic nitrogens is 2. The van der Waals surface area contributed by atoms with Crippen molar-refractivity contribution in [1.29, 1.82) is 5.26 Å². The van der Waals surface area contributed by atoms with E-state index in [1.807, 2.05) is 6.07 Å². The fourth-order valence-corrected chi connectivity index (χ4v) is 4.78. The Bertz CT molecular complexity index is 1460. The minimum atomic E-state index is -4.94. The number of carbonyl (C=O) groups excluding carboxylic acids is 2. The molecule has 8 nitrogen and oxygen atoms in total. The summed E-state index contributed by atoms with van der Waals surface area (Å²) in [6.07, 6.45) is -5.48. The Morgan fingerprint density at radius 1 is 1.11 bits per heavy atom. The summed E-state index contributed by atoms with van der Waals surface area (Å²) in [6.45, 7) is 2.98. The van der Waals surface area contributed by atoms with E-state index in [-0.39, 0.29) is 29.2 Å². The molecule has 0 saturated carbocycles. The normalized spacial score (nSPS) is 17.2. The molecule has 0 bridgehead atoms. The maximum atomic E-state index is 14.4. The molecule has 1 aliphatic rings. The zero-order chi connectivity index (χ0) is 26.4. The van der Waals surface area contributed by atoms with Crippen LogP contribution in [0, 0.1) is 25.2 Å². The van der Waals surface area contributed by atoms with E-state index in [1.54, 1.807) is 43.3 Å². The number of nitriles is 1. The molecule has 1 aromatic heterocycles. The second-order valence-electron chi connectivity index (χ2n) is 8.61. The monoisotopic (exact) mass is 494 g/mol. The zero-order valence-corrected chi connectivity index (χ0v) is 19.3. The molecule has 1 aliphatic heterocycles. The highest BCUT2D eigenvalue weighted by molar-refractivity contribution is 6.40. The smallest absolute Gasteiger partial charge is 0.369 e. The number of benzene rings is 2. The molecule has 2 aromatic carbocycles. The first-order valence-electron chi connectivity index (χ1n) is 10.8. The molecule has 2 heterocycles. The third-order valence-electron chi connectivity index (χ3n) is 6.39. The number of fused-ring (bicyclic) bond motifs is 1. The lowest BCUT2D eigenvalue weighted by molar-refractivity contribution is -0.142. The quantitative estimate of drug-likeness (QED) is 0.562. The molecule has 11 heteroatoms. The minimum absolute atomic E-state index is 0.0467. The van der Waals surface area contributed by atoms with Crippen LogP contribution in [0.25, 0.3) is 0 Å². The van der Waals surface area contributed by atoms with E-state index in [0.29, 0.717) is 16.7 Å². The summed E-state index contributed by atoms with van der Waals surface area (Å²) in [4.78, 5) is 29.6. The Morgan fingerprint density at radius 3 is 2.33 bits per heavy atom. The third-order valence-corrected chi connectivity index (χ3v) is 6.39. The first-order chi connectivity index (χ1) is 16.9. The van der Waals surface area contributed by atoms with Gasteiger partial charge in [0, 0.05) is 23.2 Å². The molecule has 0 spiro atoms. The average molecular weight is 494 g/mol. The first-order valence-corrected chi connectivity index (χ1v) is 10.8. The number of hydrogen-bond donors (Lipinski definition) is 2. The largest absolute Gasteiger partial charge is 0.435 e. The number of alkyl halides is 3. The van der Waals surface area contributed by atoms with Crippen molar-refractivity contribution in [2.24, 2.45) is 16.5 Å². The highest BCUT2D eigenvalue weighted by atomic mass is 19.4. The molecule has 2 amide bonds. The van der Waals surface area contributed by atoms with Gasteiger partial charge in [-0.05, 0) is 43.2 Å². The van der Waals surface area contributed by atoms with Gasteiger partial charge in [-0.3, -0.25) is 14.3 Å². The van der Waals surface area contributed by atoms with Gasteiger partial charge in [-0.15, -0.1) is 0 Å². The van der Waals surface area contributed by atoms with E-state index in [2.05, 4.69) is 10.1 Å². The molecule has 4 N–H and O–H groups in total. The van der Waals surface area contributed by atoms with Crippen molar-refractivity contribution in [2.75, 3.05) is 0 Å². The number of aliphatic imine (C=N–C) groups is 1. The number of hydrogen-bond acceptors (Lipinski definition) is 5. The molecular weight excluding hydrogens is 473 g/mol. The van der Waals surface area contributed by atoms with Crippen molar-refractivity contribution >= 4 is 23.2 Å². The second kappa shape index (κ2) is 8.64. The molecule has 3 aromatic rings. The van der Waals surface area contributed by atoms with Crippen molar-refractivity contribution in [3.05, 3.63) is 81.7 Å². The predicted molar refractivity (Wildman–Crippen MR) is 124 cm³/mol. The number of amides is 2. The van der Waals surface area contributed by atoms with Crippen LogP contribution in [0.1, 0.15) is 45.6 Å². The van der Waals surface area contributed by atoms with Crippen LogP contribution in [0.2, 0.25) is 0 Å². The number of primary amides is 2. The number of halogens is 3. The van der Waals surface area contributed by atoms with Crippen molar-refractivity contribution in [1.82, 2.24) is 9.78 Å². The summed E-state index contributed by atoms with van der Waals surface area (Å²) in [5.74, 6) is -2.05. The molecule has 1 atom stereocenters. The van der Waals surface area contributed by atoms with E-state index < -0.39 is 41.1 Å². The Labute approximate surface area is 204 Å². The van der Waals surface area contributed by atoms with E-state index in [1.165, 1.54) is 13.0 Å². The van der Waals surface area contributed by atoms with Crippen LogP contribution in [0.3, 0.4) is 0 Å². The lowest BCUT2D eigenvalue weighted by Gasteiger charge is -2.37. The van der Waals surface area contributed by atoms with Crippen LogP contribution >= 0.6 is 0 Å². The van der Waals surface area contributed by atoms with Crippen molar-refractivity contribution in [3.8, 4) is 6.07 Å². The third kappa shape index (κ3) is 3.90. The second-order valence-corrected chi connectivity index (χ2v) is 8.61. The Morgan fingerprint density at radius 2 is 1.78 bits per heavy atom. The van der Waals surface area contributed by atoms with Crippen LogP contribution in [0.4, 0.5) is 18.9 Å². The summed E-state index contributed by atoms with van der Waals surface area (Å²) in [5.41, 5.74) is 9.08. The summed E-state index contributed by atoms with van der Waals surface area (Å²) < 4.78 is 44.4. The molecule has 1 unspecified atom stereocenters. The molecular formula is C25H21F3N6O2. The predicted octanol–water partition coefficient (Wildman–Crippen LogP) is 3.17. The van der Waals surface area contributed by atoms with Crippen molar-refractivity contribution in [3.63, 3.8) is 0 Å². The lowest BCUT2D eigenvalue weighted by Crippen LogP contribution is -2.49. The van der Waals surface area contributed by atoms with Gasteiger partial charge < -0.3 is 11.5 Å². The van der Waals surface area contributed by atoms with Gasteiger partial charge in [0.15, 0.2) is 5.69 Å². The van der Waals surface area contributed by atoms with E-state index in [9.17, 15) is 22.8 Å². The fraction of sp³-hybridized carbons (Fsp3) is 0.240. The van der Waals surface area contributed by atoms with Crippen molar-refractivity contribution in [2.45, 2.75) is 38.4 Å². The van der Waals surface area contributed by atoms with E-state index in [0.717, 1.165) is 4.68 Å². The fourth-order valence-electron chi connectivity index (χ4n) is 4.78. The lowest BCUT2D eigenvalue weighted by atomic mass is 9.66. The highest BCUT2D eigenvalue weighted by Gasteiger charge is 2.54. The Kier molecular flexibility index (Phi) is 5.92. The number of rotatable bonds is 5. The van der Waals surface area contributed by atoms with E-state index in [4.69, 9.17) is 16.7 Å². The van der Waals surface area contributed by atoms with Crippen LogP contribution < -0.4 is 11.5 Å². The topological polar surface area (TPSA) is 140 Å². The number of nitrogens with two attached hydrogens (primary N) is 2. The van der Waals surface area contributed by atoms with Crippen LogP contribution in [0.5, 0.6) is 0 Å². The molecule has 0 saturated heterocycles. The SMILES string of the molecule is Cc1cccc2c1C(C(N)=O)(c1c(C(F)(F)F)nn(Cc3ccc(C#N)cc3)c1C)CC(C(N)=O)=N2. The molecule has 0 aliphatic carbocycles. The number of nitrogens with zero attached hydrogens (tertiary/aromatic N) is 4. The molecule has 184 valence electrons. The van der Waals surface area contributed by atoms with Crippen molar-refractivity contribution < 1.29 is 22.8 Å². The molecule has 36 heavy (non-hydrogen) atoms. The molecule has 4 rings (SSSR count). The summed E-state index contributed by atoms with van der Waals surface area (Å²) >= 11 is 0. The molecule has 0 radical (unpaired) electrons. The Balaban J connectivity index is 2.03. The van der Waals surface area contributed by atoms with Crippen LogP contribution in [-0.4, -0.2) is 27.3 Å². The number of carbonyl (C=O) groups is 2. The van der Waals surface area contributed by atoms with Gasteiger partial charge in [0.05, 0.1) is 23.9 Å². The zero-order valence-electron chi connectivity index (χ0n) is 19.3. The van der Waals surface area contributed by atoms with Gasteiger partial charge >= 0.3 is 6.18 Å². The van der Waals surface area contributed by atoms with Gasteiger partial charge in [0.1, 0.15) is 11.1 Å². The highest BCUT2D eigenvalue weighted by Crippen LogP contribution is 2.50. The summed E-state index contributed by atoms with van der Waals surface area (Å²) in [7, 11) is 0. The average Bonchev–Trinajstić information content (AvgIpc) is 3.15. The van der Waals surface area contributed by atoms with E-state index >= 15 is 0 Å². The van der Waals surface area contributed by atoms with Gasteiger partial charge in [-0.25, -0.2) is 4.99 Å². The maximum Gasteiger partial charge on any atom is 0.435 e. The Hall–Kier alpha value is -4.46. The van der Waals surface area contributed by atoms with Crippen LogP contribution in [-0.2, 0) is 27.7 Å². The number of aryl methyl sites for hydroxylation is 1.